The van der Waals surface area contributed by atoms with Crippen molar-refractivity contribution in [2.75, 3.05) is 14.2 Å². The maximum Gasteiger partial charge on any atom is 0.308 e. The van der Waals surface area contributed by atoms with Crippen molar-refractivity contribution in [1.29, 1.82) is 0 Å². The fourth-order valence-electron chi connectivity index (χ4n) is 3.81. The largest absolute Gasteiger partial charge is 0.497 e. The highest BCUT2D eigenvalue weighted by molar-refractivity contribution is 5.72. The highest BCUT2D eigenvalue weighted by atomic mass is 16.5. The van der Waals surface area contributed by atoms with Gasteiger partial charge in [0.05, 0.1) is 20.1 Å². The second-order valence-electron chi connectivity index (χ2n) is 6.70. The van der Waals surface area contributed by atoms with Gasteiger partial charge in [0.2, 0.25) is 0 Å². The maximum absolute atomic E-state index is 11.6. The Kier molecular flexibility index (Phi) is 5.39. The summed E-state index contributed by atoms with van der Waals surface area (Å²) < 4.78 is 10.1. The van der Waals surface area contributed by atoms with E-state index in [2.05, 4.69) is 24.3 Å². The first kappa shape index (κ1) is 16.8. The molecule has 3 nitrogen and oxygen atoms in total. The minimum atomic E-state index is -0.0671. The Morgan fingerprint density at radius 3 is 2.12 bits per heavy atom. The Balaban J connectivity index is 1.61. The van der Waals surface area contributed by atoms with Gasteiger partial charge in [-0.1, -0.05) is 24.3 Å². The van der Waals surface area contributed by atoms with Gasteiger partial charge in [-0.15, -0.1) is 0 Å². The fraction of sp³-hybridized carbons (Fsp3) is 0.476. The molecule has 0 spiro atoms. The summed E-state index contributed by atoms with van der Waals surface area (Å²) in [6.45, 7) is 0. The lowest BCUT2D eigenvalue weighted by atomic mass is 9.79. The van der Waals surface area contributed by atoms with Gasteiger partial charge in [-0.05, 0) is 73.3 Å². The van der Waals surface area contributed by atoms with Crippen LogP contribution in [0.5, 0.6) is 5.75 Å². The molecule has 3 rings (SSSR count). The summed E-state index contributed by atoms with van der Waals surface area (Å²) in [6.07, 6.45) is 10.8. The van der Waals surface area contributed by atoms with E-state index in [1.54, 1.807) is 7.11 Å². The summed E-state index contributed by atoms with van der Waals surface area (Å²) in [5, 5.41) is 0. The van der Waals surface area contributed by atoms with E-state index in [-0.39, 0.29) is 11.9 Å². The van der Waals surface area contributed by atoms with E-state index in [0.29, 0.717) is 5.92 Å². The van der Waals surface area contributed by atoms with E-state index in [9.17, 15) is 4.79 Å². The number of ether oxygens (including phenoxy) is 2. The van der Waals surface area contributed by atoms with Gasteiger partial charge in [0, 0.05) is 0 Å². The van der Waals surface area contributed by atoms with E-state index in [1.807, 2.05) is 12.1 Å². The monoisotopic (exact) mass is 326 g/mol. The summed E-state index contributed by atoms with van der Waals surface area (Å²) >= 11 is 0. The van der Waals surface area contributed by atoms with Gasteiger partial charge in [-0.2, -0.15) is 0 Å². The van der Waals surface area contributed by atoms with Gasteiger partial charge in [0.1, 0.15) is 5.75 Å². The smallest absolute Gasteiger partial charge is 0.308 e. The third-order valence-corrected chi connectivity index (χ3v) is 5.36. The van der Waals surface area contributed by atoms with Gasteiger partial charge >= 0.3 is 5.97 Å². The van der Waals surface area contributed by atoms with Crippen LogP contribution in [0.15, 0.2) is 47.6 Å². The van der Waals surface area contributed by atoms with Crippen LogP contribution < -0.4 is 4.74 Å². The lowest BCUT2D eigenvalue weighted by molar-refractivity contribution is -0.145. The molecule has 0 aliphatic heterocycles. The van der Waals surface area contributed by atoms with Crippen LogP contribution in [0.25, 0.3) is 0 Å². The van der Waals surface area contributed by atoms with Crippen molar-refractivity contribution in [2.24, 2.45) is 5.92 Å². The number of methoxy groups -OCH3 is 2. The molecule has 2 atom stereocenters. The lowest BCUT2D eigenvalue weighted by Crippen LogP contribution is -2.19. The van der Waals surface area contributed by atoms with Crippen LogP contribution >= 0.6 is 0 Å². The highest BCUT2D eigenvalue weighted by Gasteiger charge is 2.25. The van der Waals surface area contributed by atoms with Crippen molar-refractivity contribution in [3.8, 4) is 5.75 Å². The van der Waals surface area contributed by atoms with Crippen molar-refractivity contribution < 1.29 is 14.3 Å². The maximum atomic E-state index is 11.6. The Bertz CT molecular complexity index is 640. The SMILES string of the molecule is COC(=O)C1CC=C(C2=CCC(c3ccc(OC)cc3)CC2)CC1. The lowest BCUT2D eigenvalue weighted by Gasteiger charge is -2.27. The summed E-state index contributed by atoms with van der Waals surface area (Å²) in [5.74, 6) is 1.50. The zero-order valence-electron chi connectivity index (χ0n) is 14.6. The average molecular weight is 326 g/mol. The molecule has 1 aromatic rings. The zero-order valence-corrected chi connectivity index (χ0v) is 14.6. The Morgan fingerprint density at radius 1 is 0.958 bits per heavy atom. The molecule has 0 aromatic heterocycles. The number of hydrogen-bond acceptors (Lipinski definition) is 3. The van der Waals surface area contributed by atoms with Crippen molar-refractivity contribution in [3.05, 3.63) is 53.1 Å². The summed E-state index contributed by atoms with van der Waals surface area (Å²) in [7, 11) is 3.18. The van der Waals surface area contributed by atoms with Crippen LogP contribution in [0.2, 0.25) is 0 Å². The summed E-state index contributed by atoms with van der Waals surface area (Å²) in [5.41, 5.74) is 4.33. The molecular weight excluding hydrogens is 300 g/mol. The van der Waals surface area contributed by atoms with E-state index in [4.69, 9.17) is 9.47 Å². The third-order valence-electron chi connectivity index (χ3n) is 5.36. The zero-order chi connectivity index (χ0) is 16.9. The first-order valence-electron chi connectivity index (χ1n) is 8.81. The molecule has 0 amide bonds. The average Bonchev–Trinajstić information content (AvgIpc) is 2.68. The van der Waals surface area contributed by atoms with E-state index in [1.165, 1.54) is 30.2 Å². The van der Waals surface area contributed by atoms with Crippen molar-refractivity contribution >= 4 is 5.97 Å². The van der Waals surface area contributed by atoms with Crippen LogP contribution in [0, 0.1) is 5.92 Å². The molecule has 0 bridgehead atoms. The number of allylic oxidation sites excluding steroid dienone is 4. The molecule has 2 aliphatic rings. The van der Waals surface area contributed by atoms with Crippen LogP contribution in [0.4, 0.5) is 0 Å². The van der Waals surface area contributed by atoms with Gasteiger partial charge in [0.25, 0.3) is 0 Å². The predicted octanol–water partition coefficient (Wildman–Crippen LogP) is 4.79. The van der Waals surface area contributed by atoms with Crippen LogP contribution in [0.1, 0.15) is 50.0 Å². The van der Waals surface area contributed by atoms with Crippen LogP contribution in [0.3, 0.4) is 0 Å². The summed E-state index contributed by atoms with van der Waals surface area (Å²) in [6, 6.07) is 8.46. The molecule has 0 radical (unpaired) electrons. The highest BCUT2D eigenvalue weighted by Crippen LogP contribution is 2.38. The van der Waals surface area contributed by atoms with Gasteiger partial charge in [0.15, 0.2) is 0 Å². The van der Waals surface area contributed by atoms with Crippen molar-refractivity contribution in [1.82, 2.24) is 0 Å². The van der Waals surface area contributed by atoms with Crippen molar-refractivity contribution in [2.45, 2.75) is 44.4 Å². The molecule has 0 N–H and O–H groups in total. The van der Waals surface area contributed by atoms with Gasteiger partial charge < -0.3 is 9.47 Å². The second kappa shape index (κ2) is 7.69. The molecule has 0 heterocycles. The molecule has 1 aromatic carbocycles. The van der Waals surface area contributed by atoms with Crippen molar-refractivity contribution in [3.63, 3.8) is 0 Å². The Hall–Kier alpha value is -2.03. The Labute approximate surface area is 144 Å². The number of carbonyl (C=O) groups excluding carboxylic acids is 1. The molecule has 24 heavy (non-hydrogen) atoms. The molecule has 0 fully saturated rings. The van der Waals surface area contributed by atoms with E-state index >= 15 is 0 Å². The van der Waals surface area contributed by atoms with Gasteiger partial charge in [-0.25, -0.2) is 0 Å². The fourth-order valence-corrected chi connectivity index (χ4v) is 3.81. The Morgan fingerprint density at radius 2 is 1.62 bits per heavy atom. The second-order valence-corrected chi connectivity index (χ2v) is 6.70. The number of carbonyl (C=O) groups is 1. The third kappa shape index (κ3) is 3.72. The number of rotatable bonds is 4. The first-order chi connectivity index (χ1) is 11.7. The molecule has 2 unspecified atom stereocenters. The normalized spacial score (nSPS) is 23.9. The predicted molar refractivity (Wildman–Crippen MR) is 95.1 cm³/mol. The number of benzene rings is 1. The number of esters is 1. The standard InChI is InChI=1S/C21H26O3/c1-23-20-13-11-18(12-14-20)16-5-3-15(4-6-16)17-7-9-19(10-8-17)21(22)24-2/h3,7,11-14,16,19H,4-6,8-10H2,1-2H3. The number of hydrogen-bond donors (Lipinski definition) is 0. The molecule has 128 valence electrons. The quantitative estimate of drug-likeness (QED) is 0.746. The molecule has 3 heteroatoms. The summed E-state index contributed by atoms with van der Waals surface area (Å²) in [4.78, 5) is 11.6. The first-order valence-corrected chi connectivity index (χ1v) is 8.81. The van der Waals surface area contributed by atoms with Crippen LogP contribution in [-0.2, 0) is 9.53 Å². The molecule has 0 saturated carbocycles. The molecule has 0 saturated heterocycles. The molecule has 2 aliphatic carbocycles. The van der Waals surface area contributed by atoms with E-state index in [0.717, 1.165) is 37.9 Å². The van der Waals surface area contributed by atoms with Gasteiger partial charge in [-0.3, -0.25) is 4.79 Å². The van der Waals surface area contributed by atoms with Crippen LogP contribution in [-0.4, -0.2) is 20.2 Å². The minimum absolute atomic E-state index is 0.0509. The minimum Gasteiger partial charge on any atom is -0.497 e. The topological polar surface area (TPSA) is 35.5 Å². The molecular formula is C21H26O3. The van der Waals surface area contributed by atoms with E-state index < -0.39 is 0 Å².